The lowest BCUT2D eigenvalue weighted by Gasteiger charge is -2.33. The van der Waals surface area contributed by atoms with Gasteiger partial charge in [-0.3, -0.25) is 9.59 Å². The number of aromatic amines is 1. The van der Waals surface area contributed by atoms with Gasteiger partial charge in [0.25, 0.3) is 0 Å². The highest BCUT2D eigenvalue weighted by atomic mass is 16.3. The molecule has 1 aromatic carbocycles. The number of amides is 2. The molecule has 7 nitrogen and oxygen atoms in total. The average molecular weight is 486 g/mol. The Bertz CT molecular complexity index is 951. The van der Waals surface area contributed by atoms with E-state index >= 15 is 0 Å². The van der Waals surface area contributed by atoms with E-state index < -0.39 is 24.2 Å². The Morgan fingerprint density at radius 1 is 1.09 bits per heavy atom. The van der Waals surface area contributed by atoms with Crippen molar-refractivity contribution in [3.8, 4) is 0 Å². The van der Waals surface area contributed by atoms with Crippen molar-refractivity contribution >= 4 is 22.7 Å². The standard InChI is InChI=1S/C28H43N3O4/c1-18(2)13-25(32)27(34)24(14-20-9-5-4-6-10-20)31-28(35)19(3)16-30-26(33)15-21-17-29-23-12-8-7-11-22(21)23/h7-8,11-12,17-20,24-25,27,29,32,34H,4-6,9-10,13-16H2,1-3H3,(H,30,33)(H,31,35)/t19-,24+,25-,27+/m0/s1. The summed E-state index contributed by atoms with van der Waals surface area (Å²) in [5.41, 5.74) is 1.91. The Kier molecular flexibility index (Phi) is 10.2. The average Bonchev–Trinajstić information content (AvgIpc) is 3.24. The first-order valence-electron chi connectivity index (χ1n) is 13.2. The zero-order valence-electron chi connectivity index (χ0n) is 21.4. The van der Waals surface area contributed by atoms with Crippen LogP contribution >= 0.6 is 0 Å². The number of carbonyl (C=O) groups excluding carboxylic acids is 2. The number of para-hydroxylation sites is 1. The van der Waals surface area contributed by atoms with E-state index in [2.05, 4.69) is 15.6 Å². The van der Waals surface area contributed by atoms with Crippen molar-refractivity contribution in [3.63, 3.8) is 0 Å². The molecule has 0 radical (unpaired) electrons. The van der Waals surface area contributed by atoms with Crippen LogP contribution in [0.2, 0.25) is 0 Å². The number of carbonyl (C=O) groups is 2. The predicted octanol–water partition coefficient (Wildman–Crippen LogP) is 3.69. The van der Waals surface area contributed by atoms with Crippen molar-refractivity contribution in [2.45, 2.75) is 90.4 Å². The predicted molar refractivity (Wildman–Crippen MR) is 139 cm³/mol. The number of H-pyrrole nitrogens is 1. The van der Waals surface area contributed by atoms with Gasteiger partial charge in [-0.15, -0.1) is 0 Å². The van der Waals surface area contributed by atoms with Crippen molar-refractivity contribution in [1.82, 2.24) is 15.6 Å². The van der Waals surface area contributed by atoms with Crippen LogP contribution in [0.3, 0.4) is 0 Å². The lowest BCUT2D eigenvalue weighted by atomic mass is 9.82. The minimum atomic E-state index is -1.01. The highest BCUT2D eigenvalue weighted by Gasteiger charge is 2.32. The summed E-state index contributed by atoms with van der Waals surface area (Å²) in [6, 6.07) is 7.35. The Morgan fingerprint density at radius 3 is 2.51 bits per heavy atom. The maximum absolute atomic E-state index is 13.0. The molecule has 1 saturated carbocycles. The minimum absolute atomic E-state index is 0.138. The Hall–Kier alpha value is -2.38. The molecule has 2 amide bonds. The third-order valence-corrected chi connectivity index (χ3v) is 7.24. The highest BCUT2D eigenvalue weighted by Crippen LogP contribution is 2.29. The van der Waals surface area contributed by atoms with Crippen molar-refractivity contribution in [2.24, 2.45) is 17.8 Å². The van der Waals surface area contributed by atoms with Crippen LogP contribution in [0.15, 0.2) is 30.5 Å². The zero-order chi connectivity index (χ0) is 25.4. The molecule has 35 heavy (non-hydrogen) atoms. The van der Waals surface area contributed by atoms with Gasteiger partial charge >= 0.3 is 0 Å². The van der Waals surface area contributed by atoms with E-state index in [0.29, 0.717) is 18.8 Å². The molecular formula is C28H43N3O4. The molecule has 4 atom stereocenters. The lowest BCUT2D eigenvalue weighted by Crippen LogP contribution is -2.52. The quantitative estimate of drug-likeness (QED) is 0.315. The van der Waals surface area contributed by atoms with E-state index in [1.165, 1.54) is 19.3 Å². The molecule has 5 N–H and O–H groups in total. The van der Waals surface area contributed by atoms with E-state index in [1.807, 2.05) is 44.3 Å². The summed E-state index contributed by atoms with van der Waals surface area (Å²) in [5.74, 6) is -0.113. The first kappa shape index (κ1) is 27.2. The van der Waals surface area contributed by atoms with Crippen LogP contribution in [0.4, 0.5) is 0 Å². The van der Waals surface area contributed by atoms with Crippen LogP contribution in [-0.4, -0.2) is 51.8 Å². The molecule has 1 aliphatic carbocycles. The van der Waals surface area contributed by atoms with Gasteiger partial charge in [0.15, 0.2) is 0 Å². The van der Waals surface area contributed by atoms with Crippen molar-refractivity contribution < 1.29 is 19.8 Å². The van der Waals surface area contributed by atoms with E-state index in [-0.39, 0.29) is 30.7 Å². The van der Waals surface area contributed by atoms with Gasteiger partial charge in [-0.25, -0.2) is 0 Å². The van der Waals surface area contributed by atoms with Crippen LogP contribution < -0.4 is 10.6 Å². The Morgan fingerprint density at radius 2 is 1.80 bits per heavy atom. The molecular weight excluding hydrogens is 442 g/mol. The summed E-state index contributed by atoms with van der Waals surface area (Å²) in [5, 5.41) is 28.4. The highest BCUT2D eigenvalue weighted by molar-refractivity contribution is 5.89. The van der Waals surface area contributed by atoms with Gasteiger partial charge in [0.2, 0.25) is 11.8 Å². The summed E-state index contributed by atoms with van der Waals surface area (Å²) in [6.07, 6.45) is 7.13. The van der Waals surface area contributed by atoms with Crippen LogP contribution in [0, 0.1) is 17.8 Å². The molecule has 7 heteroatoms. The number of hydrogen-bond acceptors (Lipinski definition) is 4. The second kappa shape index (κ2) is 13.1. The molecule has 194 valence electrons. The number of fused-ring (bicyclic) bond motifs is 1. The summed E-state index contributed by atoms with van der Waals surface area (Å²) >= 11 is 0. The fourth-order valence-corrected chi connectivity index (χ4v) is 5.15. The number of aliphatic hydroxyl groups excluding tert-OH is 2. The molecule has 3 rings (SSSR count). The number of rotatable bonds is 12. The molecule has 1 heterocycles. The van der Waals surface area contributed by atoms with E-state index in [9.17, 15) is 19.8 Å². The van der Waals surface area contributed by atoms with Gasteiger partial charge in [-0.05, 0) is 36.3 Å². The fraction of sp³-hybridized carbons (Fsp3) is 0.643. The maximum Gasteiger partial charge on any atom is 0.224 e. The van der Waals surface area contributed by atoms with Crippen LogP contribution in [0.25, 0.3) is 10.9 Å². The second-order valence-electron chi connectivity index (χ2n) is 10.8. The number of aromatic nitrogens is 1. The topological polar surface area (TPSA) is 114 Å². The molecule has 0 saturated heterocycles. The largest absolute Gasteiger partial charge is 0.390 e. The fourth-order valence-electron chi connectivity index (χ4n) is 5.15. The van der Waals surface area contributed by atoms with Gasteiger partial charge < -0.3 is 25.8 Å². The minimum Gasteiger partial charge on any atom is -0.390 e. The van der Waals surface area contributed by atoms with E-state index in [0.717, 1.165) is 29.3 Å². The van der Waals surface area contributed by atoms with Gasteiger partial charge in [0.1, 0.15) is 6.10 Å². The van der Waals surface area contributed by atoms with Gasteiger partial charge in [-0.1, -0.05) is 71.1 Å². The first-order valence-corrected chi connectivity index (χ1v) is 13.2. The Labute approximate surface area is 209 Å². The summed E-state index contributed by atoms with van der Waals surface area (Å²) < 4.78 is 0. The van der Waals surface area contributed by atoms with Crippen molar-refractivity contribution in [2.75, 3.05) is 6.54 Å². The molecule has 0 unspecified atom stereocenters. The molecule has 0 bridgehead atoms. The summed E-state index contributed by atoms with van der Waals surface area (Å²) in [6.45, 7) is 6.00. The third-order valence-electron chi connectivity index (χ3n) is 7.24. The summed E-state index contributed by atoms with van der Waals surface area (Å²) in [4.78, 5) is 28.7. The Balaban J connectivity index is 1.54. The molecule has 0 spiro atoms. The van der Waals surface area contributed by atoms with Crippen molar-refractivity contribution in [1.29, 1.82) is 0 Å². The molecule has 0 aliphatic heterocycles. The lowest BCUT2D eigenvalue weighted by molar-refractivity contribution is -0.127. The number of hydrogen-bond donors (Lipinski definition) is 5. The third kappa shape index (κ3) is 8.07. The molecule has 1 aromatic heterocycles. The maximum atomic E-state index is 13.0. The molecule has 1 aliphatic rings. The van der Waals surface area contributed by atoms with Gasteiger partial charge in [0.05, 0.1) is 24.5 Å². The SMILES string of the molecule is CC(C)C[C@H](O)[C@H](O)[C@@H](CC1CCCCC1)NC(=O)[C@@H](C)CNC(=O)Cc1c[nH]c2ccccc12. The van der Waals surface area contributed by atoms with Gasteiger partial charge in [-0.2, -0.15) is 0 Å². The molecule has 2 aromatic rings. The van der Waals surface area contributed by atoms with Gasteiger partial charge in [0, 0.05) is 23.6 Å². The molecule has 1 fully saturated rings. The van der Waals surface area contributed by atoms with Crippen LogP contribution in [-0.2, 0) is 16.0 Å². The van der Waals surface area contributed by atoms with E-state index in [1.54, 1.807) is 6.92 Å². The monoisotopic (exact) mass is 485 g/mol. The number of nitrogens with one attached hydrogen (secondary N) is 3. The normalized spacial score (nSPS) is 18.2. The summed E-state index contributed by atoms with van der Waals surface area (Å²) in [7, 11) is 0. The van der Waals surface area contributed by atoms with E-state index in [4.69, 9.17) is 0 Å². The first-order chi connectivity index (χ1) is 16.7. The van der Waals surface area contributed by atoms with Crippen LogP contribution in [0.5, 0.6) is 0 Å². The second-order valence-corrected chi connectivity index (χ2v) is 10.8. The number of benzene rings is 1. The zero-order valence-corrected chi connectivity index (χ0v) is 21.4. The number of aliphatic hydroxyl groups is 2. The smallest absolute Gasteiger partial charge is 0.224 e. The van der Waals surface area contributed by atoms with Crippen LogP contribution in [0.1, 0.15) is 71.3 Å². The van der Waals surface area contributed by atoms with Crippen molar-refractivity contribution in [3.05, 3.63) is 36.0 Å².